The maximum absolute atomic E-state index is 12.5. The molecule has 0 fully saturated rings. The second-order valence-electron chi connectivity index (χ2n) is 6.81. The molecule has 27 heavy (non-hydrogen) atoms. The van der Waals surface area contributed by atoms with Gasteiger partial charge in [0.15, 0.2) is 0 Å². The fourth-order valence-corrected chi connectivity index (χ4v) is 3.83. The molecule has 2 atom stereocenters. The van der Waals surface area contributed by atoms with E-state index in [2.05, 4.69) is 41.3 Å². The fraction of sp³-hybridized carbons (Fsp3) is 0.286. The summed E-state index contributed by atoms with van der Waals surface area (Å²) in [5, 5.41) is 4.42. The van der Waals surface area contributed by atoms with Crippen LogP contribution in [0.15, 0.2) is 54.9 Å². The quantitative estimate of drug-likeness (QED) is 0.713. The van der Waals surface area contributed by atoms with Crippen molar-refractivity contribution in [3.05, 3.63) is 71.5 Å². The zero-order chi connectivity index (χ0) is 19.0. The lowest BCUT2D eigenvalue weighted by atomic mass is 9.91. The Morgan fingerprint density at radius 1 is 1.11 bits per heavy atom. The van der Waals surface area contributed by atoms with Gasteiger partial charge >= 0.3 is 0 Å². The molecular weight excluding hydrogens is 340 g/mol. The molecule has 6 nitrogen and oxygen atoms in total. The molecular formula is C21H22N4O2. The summed E-state index contributed by atoms with van der Waals surface area (Å²) in [6, 6.07) is 16.1. The monoisotopic (exact) mass is 362 g/mol. The van der Waals surface area contributed by atoms with Gasteiger partial charge in [-0.25, -0.2) is 4.68 Å². The minimum atomic E-state index is -0.116. The Bertz CT molecular complexity index is 964. The number of ether oxygens (including phenoxy) is 1. The standard InChI is InChI=1S/C21H22N4O2/c1-14-8-10-16(11-9-14)18-12-19(17-6-4-5-7-20(17)27-3)25-21(22-13-23-25)24(18)15(2)26/h4-11,13,18-19H,12H2,1-3H3/t18-,19+/m0/s1. The molecule has 3 aromatic rings. The first-order valence-electron chi connectivity index (χ1n) is 8.99. The third kappa shape index (κ3) is 2.97. The maximum atomic E-state index is 12.5. The lowest BCUT2D eigenvalue weighted by Gasteiger charge is -2.39. The molecule has 0 aliphatic carbocycles. The number of nitrogens with zero attached hydrogens (tertiary/aromatic N) is 4. The van der Waals surface area contributed by atoms with Crippen LogP contribution in [-0.2, 0) is 4.79 Å². The van der Waals surface area contributed by atoms with Gasteiger partial charge in [0.25, 0.3) is 0 Å². The van der Waals surface area contributed by atoms with Crippen molar-refractivity contribution in [2.45, 2.75) is 32.4 Å². The van der Waals surface area contributed by atoms with Crippen LogP contribution in [0.1, 0.15) is 42.1 Å². The third-order valence-corrected chi connectivity index (χ3v) is 5.12. The van der Waals surface area contributed by atoms with Gasteiger partial charge in [0.05, 0.1) is 19.2 Å². The Morgan fingerprint density at radius 2 is 1.85 bits per heavy atom. The number of methoxy groups -OCH3 is 1. The van der Waals surface area contributed by atoms with Crippen molar-refractivity contribution in [1.82, 2.24) is 14.8 Å². The highest BCUT2D eigenvalue weighted by Gasteiger charge is 2.38. The predicted molar refractivity (Wildman–Crippen MR) is 103 cm³/mol. The number of amides is 1. The molecule has 0 unspecified atom stereocenters. The molecule has 1 aliphatic rings. The number of aromatic nitrogens is 3. The number of fused-ring (bicyclic) bond motifs is 1. The van der Waals surface area contributed by atoms with Crippen LogP contribution in [0.25, 0.3) is 0 Å². The fourth-order valence-electron chi connectivity index (χ4n) is 3.83. The molecule has 0 spiro atoms. The largest absolute Gasteiger partial charge is 0.496 e. The first kappa shape index (κ1) is 17.3. The predicted octanol–water partition coefficient (Wildman–Crippen LogP) is 3.68. The average molecular weight is 362 g/mol. The highest BCUT2D eigenvalue weighted by Crippen LogP contribution is 2.43. The summed E-state index contributed by atoms with van der Waals surface area (Å²) in [5.74, 6) is 1.33. The van der Waals surface area contributed by atoms with E-state index in [-0.39, 0.29) is 18.0 Å². The van der Waals surface area contributed by atoms with Crippen molar-refractivity contribution in [3.8, 4) is 5.75 Å². The molecule has 6 heteroatoms. The van der Waals surface area contributed by atoms with Gasteiger partial charge in [-0.2, -0.15) is 10.1 Å². The molecule has 0 N–H and O–H groups in total. The van der Waals surface area contributed by atoms with Gasteiger partial charge in [-0.3, -0.25) is 9.69 Å². The van der Waals surface area contributed by atoms with Gasteiger partial charge in [0.2, 0.25) is 11.9 Å². The lowest BCUT2D eigenvalue weighted by molar-refractivity contribution is -0.117. The SMILES string of the molecule is COc1ccccc1[C@H]1C[C@@H](c2ccc(C)cc2)N(C(C)=O)c2ncnn21. The topological polar surface area (TPSA) is 60.2 Å². The van der Waals surface area contributed by atoms with Gasteiger partial charge < -0.3 is 4.74 Å². The summed E-state index contributed by atoms with van der Waals surface area (Å²) in [7, 11) is 1.67. The number of benzene rings is 2. The van der Waals surface area contributed by atoms with Crippen LogP contribution >= 0.6 is 0 Å². The first-order valence-corrected chi connectivity index (χ1v) is 8.99. The highest BCUT2D eigenvalue weighted by atomic mass is 16.5. The van der Waals surface area contributed by atoms with E-state index in [0.717, 1.165) is 16.9 Å². The van der Waals surface area contributed by atoms with E-state index in [1.807, 2.05) is 28.9 Å². The molecule has 1 aliphatic heterocycles. The molecule has 0 radical (unpaired) electrons. The first-order chi connectivity index (χ1) is 13.1. The molecule has 0 bridgehead atoms. The summed E-state index contributed by atoms with van der Waals surface area (Å²) in [4.78, 5) is 18.6. The molecule has 2 heterocycles. The minimum absolute atomic E-state index is 0.0479. The van der Waals surface area contributed by atoms with E-state index in [1.165, 1.54) is 11.9 Å². The van der Waals surface area contributed by atoms with Crippen molar-refractivity contribution in [1.29, 1.82) is 0 Å². The number of para-hydroxylation sites is 1. The Morgan fingerprint density at radius 3 is 2.56 bits per heavy atom. The van der Waals surface area contributed by atoms with Crippen molar-refractivity contribution >= 4 is 11.9 Å². The summed E-state index contributed by atoms with van der Waals surface area (Å²) in [6.45, 7) is 3.63. The molecule has 0 saturated carbocycles. The molecule has 0 saturated heterocycles. The minimum Gasteiger partial charge on any atom is -0.496 e. The number of hydrogen-bond donors (Lipinski definition) is 0. The normalized spacial score (nSPS) is 18.9. The van der Waals surface area contributed by atoms with Crippen LogP contribution in [0.4, 0.5) is 5.95 Å². The van der Waals surface area contributed by atoms with E-state index >= 15 is 0 Å². The van der Waals surface area contributed by atoms with Gasteiger partial charge in [-0.1, -0.05) is 48.0 Å². The van der Waals surface area contributed by atoms with E-state index in [0.29, 0.717) is 12.4 Å². The number of aryl methyl sites for hydroxylation is 1. The van der Waals surface area contributed by atoms with E-state index in [1.54, 1.807) is 18.9 Å². The number of hydrogen-bond acceptors (Lipinski definition) is 4. The van der Waals surface area contributed by atoms with Crippen LogP contribution in [0, 0.1) is 6.92 Å². The van der Waals surface area contributed by atoms with Crippen LogP contribution in [-0.4, -0.2) is 27.8 Å². The summed E-state index contributed by atoms with van der Waals surface area (Å²) < 4.78 is 7.40. The average Bonchev–Trinajstić information content (AvgIpc) is 3.16. The Labute approximate surface area is 158 Å². The molecule has 2 aromatic carbocycles. The Balaban J connectivity index is 1.86. The van der Waals surface area contributed by atoms with Crippen molar-refractivity contribution in [2.24, 2.45) is 0 Å². The summed E-state index contributed by atoms with van der Waals surface area (Å²) in [6.07, 6.45) is 2.20. The van der Waals surface area contributed by atoms with Gasteiger partial charge in [0.1, 0.15) is 12.1 Å². The zero-order valence-electron chi connectivity index (χ0n) is 15.7. The van der Waals surface area contributed by atoms with Gasteiger partial charge in [0, 0.05) is 12.5 Å². The van der Waals surface area contributed by atoms with Crippen molar-refractivity contribution in [2.75, 3.05) is 12.0 Å². The van der Waals surface area contributed by atoms with Crippen molar-refractivity contribution in [3.63, 3.8) is 0 Å². The Hall–Kier alpha value is -3.15. The smallest absolute Gasteiger partial charge is 0.231 e. The zero-order valence-corrected chi connectivity index (χ0v) is 15.7. The molecule has 138 valence electrons. The summed E-state index contributed by atoms with van der Waals surface area (Å²) >= 11 is 0. The van der Waals surface area contributed by atoms with Crippen LogP contribution in [0.2, 0.25) is 0 Å². The molecule has 1 aromatic heterocycles. The van der Waals surface area contributed by atoms with Gasteiger partial charge in [-0.05, 0) is 25.0 Å². The number of carbonyl (C=O) groups excluding carboxylic acids is 1. The second kappa shape index (κ2) is 6.87. The number of rotatable bonds is 3. The number of anilines is 1. The van der Waals surface area contributed by atoms with E-state index < -0.39 is 0 Å². The maximum Gasteiger partial charge on any atom is 0.231 e. The summed E-state index contributed by atoms with van der Waals surface area (Å²) in [5.41, 5.74) is 3.31. The number of carbonyl (C=O) groups is 1. The van der Waals surface area contributed by atoms with Crippen LogP contribution in [0.3, 0.4) is 0 Å². The second-order valence-corrected chi connectivity index (χ2v) is 6.81. The lowest BCUT2D eigenvalue weighted by Crippen LogP contribution is -2.41. The van der Waals surface area contributed by atoms with Crippen LogP contribution < -0.4 is 9.64 Å². The van der Waals surface area contributed by atoms with E-state index in [9.17, 15) is 4.79 Å². The van der Waals surface area contributed by atoms with Crippen molar-refractivity contribution < 1.29 is 9.53 Å². The molecule has 1 amide bonds. The van der Waals surface area contributed by atoms with E-state index in [4.69, 9.17) is 4.74 Å². The highest BCUT2D eigenvalue weighted by molar-refractivity contribution is 5.91. The molecule has 4 rings (SSSR count). The van der Waals surface area contributed by atoms with Crippen LogP contribution in [0.5, 0.6) is 5.75 Å². The third-order valence-electron chi connectivity index (χ3n) is 5.12. The Kier molecular flexibility index (Phi) is 4.39. The van der Waals surface area contributed by atoms with Gasteiger partial charge in [-0.15, -0.1) is 0 Å².